The highest BCUT2D eigenvalue weighted by molar-refractivity contribution is 7.89. The Balaban J connectivity index is 1.75. The topological polar surface area (TPSA) is 78.0 Å². The molecule has 0 N–H and O–H groups in total. The number of hydrogen-bond donors (Lipinski definition) is 0. The van der Waals surface area contributed by atoms with Crippen molar-refractivity contribution in [3.05, 3.63) is 64.6 Å². The van der Waals surface area contributed by atoms with Gasteiger partial charge in [0.1, 0.15) is 17.4 Å². The molecule has 9 heteroatoms. The zero-order chi connectivity index (χ0) is 23.1. The quantitative estimate of drug-likeness (QED) is 0.398. The summed E-state index contributed by atoms with van der Waals surface area (Å²) in [4.78, 5) is 4.83. The Hall–Kier alpha value is -2.62. The van der Waals surface area contributed by atoms with Gasteiger partial charge in [-0.05, 0) is 49.7 Å². The van der Waals surface area contributed by atoms with Crippen molar-refractivity contribution in [3.8, 4) is 17.2 Å². The Labute approximate surface area is 193 Å². The second kappa shape index (κ2) is 10.8. The molecule has 32 heavy (non-hydrogen) atoms. The normalized spacial score (nSPS) is 12.5. The minimum Gasteiger partial charge on any atom is -0.497 e. The molecule has 0 fully saturated rings. The minimum absolute atomic E-state index is 0.183. The van der Waals surface area contributed by atoms with E-state index in [1.165, 1.54) is 15.6 Å². The van der Waals surface area contributed by atoms with Crippen molar-refractivity contribution in [3.63, 3.8) is 0 Å². The summed E-state index contributed by atoms with van der Waals surface area (Å²) < 4.78 is 44.5. The van der Waals surface area contributed by atoms with Crippen LogP contribution < -0.4 is 14.2 Å². The maximum atomic E-state index is 13.3. The van der Waals surface area contributed by atoms with Gasteiger partial charge in [0.25, 0.3) is 0 Å². The first-order valence-electron chi connectivity index (χ1n) is 10.2. The molecule has 0 saturated carbocycles. The molecule has 172 valence electrons. The van der Waals surface area contributed by atoms with Crippen LogP contribution in [-0.4, -0.2) is 38.0 Å². The smallest absolute Gasteiger partial charge is 0.243 e. The summed E-state index contributed by atoms with van der Waals surface area (Å²) in [5, 5.41) is 2.64. The van der Waals surface area contributed by atoms with Gasteiger partial charge in [-0.25, -0.2) is 13.4 Å². The molecule has 1 unspecified atom stereocenters. The summed E-state index contributed by atoms with van der Waals surface area (Å²) >= 11 is 1.44. The summed E-state index contributed by atoms with van der Waals surface area (Å²) in [6, 6.07) is 13.7. The number of thiazole rings is 1. The van der Waals surface area contributed by atoms with Gasteiger partial charge in [-0.1, -0.05) is 19.1 Å². The van der Waals surface area contributed by atoms with Crippen molar-refractivity contribution in [2.45, 2.75) is 44.4 Å². The molecule has 0 saturated heterocycles. The van der Waals surface area contributed by atoms with Crippen molar-refractivity contribution in [2.24, 2.45) is 0 Å². The molecule has 0 amide bonds. The first kappa shape index (κ1) is 24.0. The van der Waals surface area contributed by atoms with E-state index in [9.17, 15) is 8.42 Å². The lowest BCUT2D eigenvalue weighted by molar-refractivity contribution is 0.283. The highest BCUT2D eigenvalue weighted by Crippen LogP contribution is 2.28. The van der Waals surface area contributed by atoms with Crippen LogP contribution in [-0.2, 0) is 23.2 Å². The molecular weight excluding hydrogens is 448 g/mol. The zero-order valence-electron chi connectivity index (χ0n) is 18.6. The van der Waals surface area contributed by atoms with Crippen molar-refractivity contribution < 1.29 is 22.6 Å². The van der Waals surface area contributed by atoms with Gasteiger partial charge in [-0.3, -0.25) is 0 Å². The number of hydrogen-bond acceptors (Lipinski definition) is 7. The van der Waals surface area contributed by atoms with E-state index in [0.29, 0.717) is 29.4 Å². The molecular formula is C23H28N2O5S2. The average molecular weight is 477 g/mol. The SMILES string of the molecule is CCC(C)N(Cc1csc(COc2ccccc2OC)n1)S(=O)(=O)c1ccc(OC)cc1. The standard InChI is InChI=1S/C23H28N2O5S2/c1-5-17(2)25(32(26,27)20-12-10-19(28-3)11-13-20)14-18-16-31-23(24-18)15-30-22-9-7-6-8-21(22)29-4/h6-13,16-17H,5,14-15H2,1-4H3. The predicted octanol–water partition coefficient (Wildman–Crippen LogP) is 4.73. The maximum Gasteiger partial charge on any atom is 0.243 e. The van der Waals surface area contributed by atoms with E-state index in [2.05, 4.69) is 4.98 Å². The third-order valence-corrected chi connectivity index (χ3v) is 7.93. The third-order valence-electron chi connectivity index (χ3n) is 5.09. The largest absolute Gasteiger partial charge is 0.497 e. The fraction of sp³-hybridized carbons (Fsp3) is 0.348. The van der Waals surface area contributed by atoms with Gasteiger partial charge in [0.15, 0.2) is 11.5 Å². The maximum absolute atomic E-state index is 13.3. The molecule has 1 aromatic heterocycles. The number of aromatic nitrogens is 1. The molecule has 1 atom stereocenters. The molecule has 3 rings (SSSR count). The Morgan fingerprint density at radius 1 is 1.03 bits per heavy atom. The van der Waals surface area contributed by atoms with Crippen LogP contribution in [0.4, 0.5) is 0 Å². The van der Waals surface area contributed by atoms with Crippen molar-refractivity contribution in [2.75, 3.05) is 14.2 Å². The number of rotatable bonds is 11. The van der Waals surface area contributed by atoms with E-state index in [0.717, 1.165) is 5.01 Å². The average Bonchev–Trinajstić information content (AvgIpc) is 3.28. The van der Waals surface area contributed by atoms with Crippen LogP contribution in [0, 0.1) is 0 Å². The molecule has 3 aromatic rings. The van der Waals surface area contributed by atoms with Crippen LogP contribution >= 0.6 is 11.3 Å². The molecule has 0 aliphatic carbocycles. The molecule has 0 bridgehead atoms. The monoisotopic (exact) mass is 476 g/mol. The number of methoxy groups -OCH3 is 2. The second-order valence-electron chi connectivity index (χ2n) is 7.16. The lowest BCUT2D eigenvalue weighted by Gasteiger charge is -2.27. The number of nitrogens with zero attached hydrogens (tertiary/aromatic N) is 2. The van der Waals surface area contributed by atoms with Crippen LogP contribution in [0.2, 0.25) is 0 Å². The van der Waals surface area contributed by atoms with Crippen molar-refractivity contribution >= 4 is 21.4 Å². The van der Waals surface area contributed by atoms with E-state index in [4.69, 9.17) is 14.2 Å². The van der Waals surface area contributed by atoms with E-state index in [-0.39, 0.29) is 24.1 Å². The number of para-hydroxylation sites is 2. The summed E-state index contributed by atoms with van der Waals surface area (Å²) in [5.74, 6) is 1.89. The molecule has 0 spiro atoms. The first-order valence-corrected chi connectivity index (χ1v) is 12.6. The van der Waals surface area contributed by atoms with Crippen LogP contribution in [0.5, 0.6) is 17.2 Å². The van der Waals surface area contributed by atoms with E-state index in [1.807, 2.05) is 43.5 Å². The Bertz CT molecular complexity index is 1110. The minimum atomic E-state index is -3.70. The third kappa shape index (κ3) is 5.59. The number of ether oxygens (including phenoxy) is 3. The summed E-state index contributed by atoms with van der Waals surface area (Å²) in [6.45, 7) is 4.34. The fourth-order valence-corrected chi connectivity index (χ4v) is 5.46. The molecule has 7 nitrogen and oxygen atoms in total. The van der Waals surface area contributed by atoms with E-state index >= 15 is 0 Å². The van der Waals surface area contributed by atoms with E-state index < -0.39 is 10.0 Å². The Kier molecular flexibility index (Phi) is 8.11. The predicted molar refractivity (Wildman–Crippen MR) is 125 cm³/mol. The lowest BCUT2D eigenvalue weighted by Crippen LogP contribution is -2.37. The number of benzene rings is 2. The molecule has 0 aliphatic rings. The van der Waals surface area contributed by atoms with Gasteiger partial charge in [0.2, 0.25) is 10.0 Å². The summed E-state index contributed by atoms with van der Waals surface area (Å²) in [7, 11) is -0.554. The van der Waals surface area contributed by atoms with Gasteiger partial charge in [-0.15, -0.1) is 11.3 Å². The van der Waals surface area contributed by atoms with Gasteiger partial charge in [0.05, 0.1) is 31.4 Å². The van der Waals surface area contributed by atoms with Crippen molar-refractivity contribution in [1.29, 1.82) is 0 Å². The van der Waals surface area contributed by atoms with Gasteiger partial charge in [-0.2, -0.15) is 4.31 Å². The van der Waals surface area contributed by atoms with E-state index in [1.54, 1.807) is 38.5 Å². The number of sulfonamides is 1. The Morgan fingerprint density at radius 2 is 1.72 bits per heavy atom. The summed E-state index contributed by atoms with van der Waals surface area (Å²) in [6.07, 6.45) is 0.684. The molecule has 1 heterocycles. The van der Waals surface area contributed by atoms with Crippen LogP contribution in [0.25, 0.3) is 0 Å². The highest BCUT2D eigenvalue weighted by Gasteiger charge is 2.29. The summed E-state index contributed by atoms with van der Waals surface area (Å²) in [5.41, 5.74) is 0.686. The zero-order valence-corrected chi connectivity index (χ0v) is 20.3. The lowest BCUT2D eigenvalue weighted by atomic mass is 10.2. The molecule has 2 aromatic carbocycles. The molecule has 0 radical (unpaired) electrons. The van der Waals surface area contributed by atoms with Gasteiger partial charge < -0.3 is 14.2 Å². The van der Waals surface area contributed by atoms with Crippen LogP contribution in [0.1, 0.15) is 31.0 Å². The Morgan fingerprint density at radius 3 is 2.34 bits per heavy atom. The van der Waals surface area contributed by atoms with Crippen LogP contribution in [0.3, 0.4) is 0 Å². The highest BCUT2D eigenvalue weighted by atomic mass is 32.2. The van der Waals surface area contributed by atoms with Crippen molar-refractivity contribution in [1.82, 2.24) is 9.29 Å². The van der Waals surface area contributed by atoms with Gasteiger partial charge >= 0.3 is 0 Å². The second-order valence-corrected chi connectivity index (χ2v) is 9.99. The fourth-order valence-electron chi connectivity index (χ4n) is 3.09. The first-order chi connectivity index (χ1) is 15.4. The van der Waals surface area contributed by atoms with Crippen LogP contribution in [0.15, 0.2) is 58.8 Å². The van der Waals surface area contributed by atoms with Gasteiger partial charge in [0, 0.05) is 11.4 Å². The molecule has 0 aliphatic heterocycles.